The van der Waals surface area contributed by atoms with Gasteiger partial charge >= 0.3 is 0 Å². The fraction of sp³-hybridized carbons (Fsp3) is 0.143. The number of aryl methyl sites for hydroxylation is 2. The average molecular weight is 389 g/mol. The van der Waals surface area contributed by atoms with Gasteiger partial charge in [0.05, 0.1) is 0 Å². The summed E-state index contributed by atoms with van der Waals surface area (Å²) in [5, 5.41) is 0. The van der Waals surface area contributed by atoms with Crippen LogP contribution in [0.3, 0.4) is 0 Å². The van der Waals surface area contributed by atoms with E-state index in [-0.39, 0.29) is 0 Å². The highest BCUT2D eigenvalue weighted by Crippen LogP contribution is 2.32. The van der Waals surface area contributed by atoms with Gasteiger partial charge in [0, 0.05) is 24.8 Å². The molecule has 0 radical (unpaired) electrons. The second-order valence-electron chi connectivity index (χ2n) is 8.00. The molecule has 0 aliphatic heterocycles. The van der Waals surface area contributed by atoms with Crippen molar-refractivity contribution in [2.75, 3.05) is 0 Å². The molecule has 30 heavy (non-hydrogen) atoms. The molecule has 0 fully saturated rings. The summed E-state index contributed by atoms with van der Waals surface area (Å²) in [6.07, 6.45) is 14.1. The standard InChI is InChI=1S/C28H24N2/c1-19-23-3-5-25-17-28(22-9-13-30-14-10-22)18-26(20(25)2)6-4-24(19)16-27(15-23)21-7-11-29-12-8-21/h3,5,7-18H,4,6H2,1-2H3/b5-3-. The average Bonchev–Trinajstić information content (AvgIpc) is 2.79. The van der Waals surface area contributed by atoms with Crippen molar-refractivity contribution in [2.45, 2.75) is 26.7 Å². The Labute approximate surface area is 178 Å². The molecule has 0 unspecified atom stereocenters. The minimum absolute atomic E-state index is 1.03. The molecule has 0 N–H and O–H groups in total. The van der Waals surface area contributed by atoms with Gasteiger partial charge in [-0.3, -0.25) is 9.97 Å². The van der Waals surface area contributed by atoms with Gasteiger partial charge in [-0.15, -0.1) is 0 Å². The minimum Gasteiger partial charge on any atom is -0.265 e. The summed E-state index contributed by atoms with van der Waals surface area (Å²) in [5.41, 5.74) is 13.1. The number of rotatable bonds is 2. The van der Waals surface area contributed by atoms with Gasteiger partial charge in [-0.05, 0) is 119 Å². The van der Waals surface area contributed by atoms with E-state index < -0.39 is 0 Å². The summed E-state index contributed by atoms with van der Waals surface area (Å²) in [4.78, 5) is 8.34. The summed E-state index contributed by atoms with van der Waals surface area (Å²) in [6.45, 7) is 4.49. The van der Waals surface area contributed by atoms with Gasteiger partial charge in [-0.2, -0.15) is 0 Å². The van der Waals surface area contributed by atoms with Crippen LogP contribution in [0.25, 0.3) is 34.4 Å². The third-order valence-corrected chi connectivity index (χ3v) is 6.24. The highest BCUT2D eigenvalue weighted by atomic mass is 14.6. The van der Waals surface area contributed by atoms with Crippen LogP contribution in [0, 0.1) is 13.8 Å². The first-order valence-electron chi connectivity index (χ1n) is 10.4. The van der Waals surface area contributed by atoms with Crippen molar-refractivity contribution in [1.29, 1.82) is 0 Å². The number of aromatic nitrogens is 2. The summed E-state index contributed by atoms with van der Waals surface area (Å²) >= 11 is 0. The van der Waals surface area contributed by atoms with Gasteiger partial charge in [0.25, 0.3) is 0 Å². The number of hydrogen-bond donors (Lipinski definition) is 0. The monoisotopic (exact) mass is 388 g/mol. The van der Waals surface area contributed by atoms with E-state index in [0.29, 0.717) is 0 Å². The van der Waals surface area contributed by atoms with Gasteiger partial charge < -0.3 is 0 Å². The van der Waals surface area contributed by atoms with Crippen molar-refractivity contribution in [3.63, 3.8) is 0 Å². The fourth-order valence-electron chi connectivity index (χ4n) is 4.33. The van der Waals surface area contributed by atoms with Crippen molar-refractivity contribution < 1.29 is 0 Å². The second kappa shape index (κ2) is 7.72. The highest BCUT2D eigenvalue weighted by Gasteiger charge is 2.13. The molecule has 2 heterocycles. The van der Waals surface area contributed by atoms with E-state index >= 15 is 0 Å². The maximum Gasteiger partial charge on any atom is 0.0273 e. The maximum absolute atomic E-state index is 4.17. The lowest BCUT2D eigenvalue weighted by Crippen LogP contribution is -2.02. The van der Waals surface area contributed by atoms with E-state index in [9.17, 15) is 0 Å². The zero-order valence-electron chi connectivity index (χ0n) is 17.4. The second-order valence-corrected chi connectivity index (χ2v) is 8.00. The Hall–Kier alpha value is -3.52. The summed E-state index contributed by atoms with van der Waals surface area (Å²) in [5.74, 6) is 0. The third kappa shape index (κ3) is 3.46. The fourth-order valence-corrected chi connectivity index (χ4v) is 4.33. The molecule has 5 rings (SSSR count). The summed E-state index contributed by atoms with van der Waals surface area (Å²) < 4.78 is 0. The number of pyridine rings is 2. The zero-order valence-corrected chi connectivity index (χ0v) is 17.4. The van der Waals surface area contributed by atoms with Crippen LogP contribution in [0.5, 0.6) is 0 Å². The van der Waals surface area contributed by atoms with Crippen molar-refractivity contribution in [1.82, 2.24) is 9.97 Å². The Morgan fingerprint density at radius 1 is 0.533 bits per heavy atom. The van der Waals surface area contributed by atoms with Crippen molar-refractivity contribution in [3.05, 3.63) is 107 Å². The summed E-state index contributed by atoms with van der Waals surface area (Å²) in [7, 11) is 0. The van der Waals surface area contributed by atoms with Crippen LogP contribution in [0.15, 0.2) is 73.3 Å². The van der Waals surface area contributed by atoms with Crippen molar-refractivity contribution in [3.8, 4) is 22.3 Å². The van der Waals surface area contributed by atoms with E-state index in [0.717, 1.165) is 12.8 Å². The SMILES string of the molecule is Cc1c2cc(-c3ccncc3)cc1CCc1cc(-c3ccncc3)cc(c1C)/C=C\2. The first-order valence-corrected chi connectivity index (χ1v) is 10.4. The molecule has 1 aliphatic carbocycles. The van der Waals surface area contributed by atoms with E-state index in [1.165, 1.54) is 55.6 Å². The van der Waals surface area contributed by atoms with Crippen LogP contribution in [-0.4, -0.2) is 9.97 Å². The number of fused-ring (bicyclic) bond motifs is 4. The predicted octanol–water partition coefficient (Wildman–Crippen LogP) is 6.70. The molecule has 0 atom stereocenters. The molecule has 2 heteroatoms. The molecule has 4 aromatic rings. The van der Waals surface area contributed by atoms with Crippen LogP contribution in [0.4, 0.5) is 0 Å². The molecule has 0 spiro atoms. The lowest BCUT2D eigenvalue weighted by atomic mass is 9.87. The first-order chi connectivity index (χ1) is 14.7. The normalized spacial score (nSPS) is 13.7. The van der Waals surface area contributed by atoms with Crippen LogP contribution in [0.2, 0.25) is 0 Å². The Morgan fingerprint density at radius 3 is 1.33 bits per heavy atom. The zero-order chi connectivity index (χ0) is 20.5. The molecular formula is C28H24N2. The lowest BCUT2D eigenvalue weighted by molar-refractivity contribution is 0.937. The first kappa shape index (κ1) is 18.5. The van der Waals surface area contributed by atoms with Crippen LogP contribution < -0.4 is 0 Å². The molecule has 146 valence electrons. The Morgan fingerprint density at radius 2 is 0.933 bits per heavy atom. The molecule has 1 aliphatic rings. The van der Waals surface area contributed by atoms with Crippen LogP contribution in [-0.2, 0) is 12.8 Å². The van der Waals surface area contributed by atoms with E-state index in [4.69, 9.17) is 0 Å². The van der Waals surface area contributed by atoms with Crippen LogP contribution >= 0.6 is 0 Å². The lowest BCUT2D eigenvalue weighted by Gasteiger charge is -2.18. The highest BCUT2D eigenvalue weighted by molar-refractivity contribution is 5.80. The molecule has 2 aromatic heterocycles. The van der Waals surface area contributed by atoms with Gasteiger partial charge in [0.15, 0.2) is 0 Å². The van der Waals surface area contributed by atoms with Gasteiger partial charge in [0.1, 0.15) is 0 Å². The molecule has 0 amide bonds. The molecule has 4 bridgehead atoms. The van der Waals surface area contributed by atoms with Gasteiger partial charge in [-0.1, -0.05) is 24.3 Å². The van der Waals surface area contributed by atoms with E-state index in [2.05, 4.69) is 84.5 Å². The molecule has 2 aromatic carbocycles. The number of hydrogen-bond acceptors (Lipinski definition) is 2. The topological polar surface area (TPSA) is 25.8 Å². The molecule has 0 saturated carbocycles. The largest absolute Gasteiger partial charge is 0.265 e. The maximum atomic E-state index is 4.17. The molecular weight excluding hydrogens is 364 g/mol. The predicted molar refractivity (Wildman–Crippen MR) is 125 cm³/mol. The van der Waals surface area contributed by atoms with Crippen LogP contribution in [0.1, 0.15) is 33.4 Å². The molecule has 2 nitrogen and oxygen atoms in total. The third-order valence-electron chi connectivity index (χ3n) is 6.24. The van der Waals surface area contributed by atoms with Crippen molar-refractivity contribution >= 4 is 12.2 Å². The quantitative estimate of drug-likeness (QED) is 0.382. The van der Waals surface area contributed by atoms with Crippen molar-refractivity contribution in [2.24, 2.45) is 0 Å². The Balaban J connectivity index is 1.65. The van der Waals surface area contributed by atoms with E-state index in [1.807, 2.05) is 24.8 Å². The van der Waals surface area contributed by atoms with E-state index in [1.54, 1.807) is 0 Å². The minimum atomic E-state index is 1.03. The Bertz CT molecular complexity index is 1140. The summed E-state index contributed by atoms with van der Waals surface area (Å²) in [6, 6.07) is 17.6. The van der Waals surface area contributed by atoms with Gasteiger partial charge in [0.2, 0.25) is 0 Å². The van der Waals surface area contributed by atoms with Gasteiger partial charge in [-0.25, -0.2) is 0 Å². The number of benzene rings is 2. The Kier molecular flexibility index (Phi) is 4.76. The number of nitrogens with zero attached hydrogens (tertiary/aromatic N) is 2. The molecule has 0 saturated heterocycles. The smallest absolute Gasteiger partial charge is 0.0273 e.